The van der Waals surface area contributed by atoms with E-state index < -0.39 is 4.92 Å². The molecule has 0 saturated carbocycles. The van der Waals surface area contributed by atoms with Crippen LogP contribution in [0.4, 0.5) is 5.69 Å². The zero-order valence-electron chi connectivity index (χ0n) is 11.8. The third kappa shape index (κ3) is 4.42. The highest BCUT2D eigenvalue weighted by molar-refractivity contribution is 5.77. The van der Waals surface area contributed by atoms with Gasteiger partial charge in [0.05, 0.1) is 11.0 Å². The highest BCUT2D eigenvalue weighted by atomic mass is 16.6. The Labute approximate surface area is 122 Å². The lowest BCUT2D eigenvalue weighted by atomic mass is 10.2. The van der Waals surface area contributed by atoms with E-state index >= 15 is 0 Å². The van der Waals surface area contributed by atoms with Crippen molar-refractivity contribution in [2.45, 2.75) is 25.9 Å². The Balaban J connectivity index is 1.78. The van der Waals surface area contributed by atoms with Crippen LogP contribution < -0.4 is 10.1 Å². The summed E-state index contributed by atoms with van der Waals surface area (Å²) in [5.41, 5.74) is 0.530. The van der Waals surface area contributed by atoms with Crippen molar-refractivity contribution in [3.8, 4) is 5.75 Å². The molecule has 1 aliphatic rings. The van der Waals surface area contributed by atoms with E-state index in [-0.39, 0.29) is 24.3 Å². The molecule has 21 heavy (non-hydrogen) atoms. The number of aryl methyl sites for hydroxylation is 1. The summed E-state index contributed by atoms with van der Waals surface area (Å²) in [5, 5.41) is 13.4. The van der Waals surface area contributed by atoms with Crippen LogP contribution in [0, 0.1) is 17.0 Å². The molecule has 0 bridgehead atoms. The molecular weight excluding hydrogens is 276 g/mol. The van der Waals surface area contributed by atoms with Crippen molar-refractivity contribution in [2.24, 2.45) is 0 Å². The van der Waals surface area contributed by atoms with Gasteiger partial charge in [0.2, 0.25) is 0 Å². The molecule has 1 heterocycles. The first-order valence-corrected chi connectivity index (χ1v) is 6.82. The normalized spacial score (nSPS) is 17.5. The fourth-order valence-corrected chi connectivity index (χ4v) is 2.16. The molecule has 1 aromatic carbocycles. The zero-order valence-corrected chi connectivity index (χ0v) is 11.8. The number of carbonyl (C=O) groups excluding carboxylic acids is 1. The maximum Gasteiger partial charge on any atom is 0.272 e. The summed E-state index contributed by atoms with van der Waals surface area (Å²) in [7, 11) is 0. The van der Waals surface area contributed by atoms with Crippen molar-refractivity contribution in [1.29, 1.82) is 0 Å². The summed E-state index contributed by atoms with van der Waals surface area (Å²) in [4.78, 5) is 21.9. The van der Waals surface area contributed by atoms with Crippen LogP contribution in [0.2, 0.25) is 0 Å². The molecule has 1 fully saturated rings. The quantitative estimate of drug-likeness (QED) is 0.635. The average molecular weight is 294 g/mol. The van der Waals surface area contributed by atoms with Crippen molar-refractivity contribution >= 4 is 11.6 Å². The van der Waals surface area contributed by atoms with E-state index in [0.29, 0.717) is 17.9 Å². The number of amides is 1. The monoisotopic (exact) mass is 294 g/mol. The lowest BCUT2D eigenvalue weighted by Crippen LogP contribution is -2.35. The average Bonchev–Trinajstić information content (AvgIpc) is 2.95. The van der Waals surface area contributed by atoms with Gasteiger partial charge in [-0.1, -0.05) is 0 Å². The molecule has 114 valence electrons. The number of nitrogens with zero attached hydrogens (tertiary/aromatic N) is 1. The molecule has 0 spiro atoms. The minimum atomic E-state index is -0.451. The Morgan fingerprint density at radius 2 is 2.38 bits per heavy atom. The molecule has 1 aromatic rings. The van der Waals surface area contributed by atoms with Crippen LogP contribution in [0.3, 0.4) is 0 Å². The van der Waals surface area contributed by atoms with Gasteiger partial charge in [-0.3, -0.25) is 14.9 Å². The van der Waals surface area contributed by atoms with Crippen molar-refractivity contribution < 1.29 is 19.2 Å². The number of nitro benzene ring substituents is 1. The molecule has 1 unspecified atom stereocenters. The molecule has 0 aliphatic carbocycles. The van der Waals surface area contributed by atoms with Crippen molar-refractivity contribution in [1.82, 2.24) is 5.32 Å². The Morgan fingerprint density at radius 3 is 3.00 bits per heavy atom. The van der Waals surface area contributed by atoms with E-state index in [1.54, 1.807) is 13.0 Å². The molecule has 1 saturated heterocycles. The third-order valence-corrected chi connectivity index (χ3v) is 3.29. The van der Waals surface area contributed by atoms with E-state index in [9.17, 15) is 14.9 Å². The lowest BCUT2D eigenvalue weighted by molar-refractivity contribution is -0.385. The first-order valence-electron chi connectivity index (χ1n) is 6.82. The number of rotatable bonds is 6. The predicted octanol–water partition coefficient (Wildman–Crippen LogP) is 1.58. The summed E-state index contributed by atoms with van der Waals surface area (Å²) in [6.07, 6.45) is 2.08. The second kappa shape index (κ2) is 7.03. The van der Waals surface area contributed by atoms with Gasteiger partial charge in [0.15, 0.2) is 6.61 Å². The summed E-state index contributed by atoms with van der Waals surface area (Å²) < 4.78 is 10.7. The molecule has 1 N–H and O–H groups in total. The highest BCUT2D eigenvalue weighted by Crippen LogP contribution is 2.22. The van der Waals surface area contributed by atoms with Gasteiger partial charge in [-0.25, -0.2) is 0 Å². The maximum atomic E-state index is 11.6. The lowest BCUT2D eigenvalue weighted by Gasteiger charge is -2.11. The van der Waals surface area contributed by atoms with E-state index in [4.69, 9.17) is 9.47 Å². The van der Waals surface area contributed by atoms with E-state index in [1.165, 1.54) is 12.1 Å². The molecule has 1 atom stereocenters. The molecule has 0 aromatic heterocycles. The van der Waals surface area contributed by atoms with Crippen molar-refractivity contribution in [3.63, 3.8) is 0 Å². The number of nitrogens with one attached hydrogen (secondary N) is 1. The predicted molar refractivity (Wildman–Crippen MR) is 75.3 cm³/mol. The van der Waals surface area contributed by atoms with Gasteiger partial charge in [-0.2, -0.15) is 0 Å². The van der Waals surface area contributed by atoms with Crippen LogP contribution in [0.15, 0.2) is 18.2 Å². The first kappa shape index (κ1) is 15.2. The van der Waals surface area contributed by atoms with Crippen LogP contribution in [0.25, 0.3) is 0 Å². The van der Waals surface area contributed by atoms with Gasteiger partial charge < -0.3 is 14.8 Å². The van der Waals surface area contributed by atoms with Crippen molar-refractivity contribution in [3.05, 3.63) is 33.9 Å². The Bertz CT molecular complexity index is 526. The smallest absolute Gasteiger partial charge is 0.272 e. The molecule has 1 amide bonds. The van der Waals surface area contributed by atoms with Gasteiger partial charge in [0.1, 0.15) is 5.75 Å². The zero-order chi connectivity index (χ0) is 15.2. The number of benzene rings is 1. The highest BCUT2D eigenvalue weighted by Gasteiger charge is 2.16. The maximum absolute atomic E-state index is 11.6. The van der Waals surface area contributed by atoms with Gasteiger partial charge in [-0.15, -0.1) is 0 Å². The number of hydrogen-bond donors (Lipinski definition) is 1. The minimum absolute atomic E-state index is 0.0326. The third-order valence-electron chi connectivity index (χ3n) is 3.29. The Hall–Kier alpha value is -2.15. The van der Waals surface area contributed by atoms with Gasteiger partial charge in [0.25, 0.3) is 11.6 Å². The van der Waals surface area contributed by atoms with Crippen molar-refractivity contribution in [2.75, 3.05) is 19.8 Å². The molecule has 7 heteroatoms. The minimum Gasteiger partial charge on any atom is -0.484 e. The van der Waals surface area contributed by atoms with Crippen LogP contribution in [-0.4, -0.2) is 36.7 Å². The second-order valence-corrected chi connectivity index (χ2v) is 4.93. The number of ether oxygens (including phenoxy) is 2. The van der Waals surface area contributed by atoms with Gasteiger partial charge >= 0.3 is 0 Å². The fourth-order valence-electron chi connectivity index (χ4n) is 2.16. The van der Waals surface area contributed by atoms with Crippen LogP contribution in [0.5, 0.6) is 5.75 Å². The van der Waals surface area contributed by atoms with E-state index in [2.05, 4.69) is 5.32 Å². The van der Waals surface area contributed by atoms with E-state index in [0.717, 1.165) is 19.4 Å². The SMILES string of the molecule is Cc1cc(OCC(=O)NCC2CCCO2)ccc1[N+](=O)[O-]. The van der Waals surface area contributed by atoms with E-state index in [1.807, 2.05) is 0 Å². The molecule has 7 nitrogen and oxygen atoms in total. The summed E-state index contributed by atoms with van der Waals surface area (Å²) in [6.45, 7) is 2.74. The Morgan fingerprint density at radius 1 is 1.57 bits per heavy atom. The van der Waals surface area contributed by atoms with Crippen LogP contribution in [-0.2, 0) is 9.53 Å². The number of carbonyl (C=O) groups is 1. The molecule has 0 radical (unpaired) electrons. The fraction of sp³-hybridized carbons (Fsp3) is 0.500. The summed E-state index contributed by atoms with van der Waals surface area (Å²) in [6, 6.07) is 4.40. The standard InChI is InChI=1S/C14H18N2O5/c1-10-7-11(4-5-13(10)16(18)19)21-9-14(17)15-8-12-3-2-6-20-12/h4-5,7,12H,2-3,6,8-9H2,1H3,(H,15,17). The van der Waals surface area contributed by atoms with Gasteiger partial charge in [0, 0.05) is 24.8 Å². The van der Waals surface area contributed by atoms with Crippen LogP contribution >= 0.6 is 0 Å². The molecule has 1 aliphatic heterocycles. The largest absolute Gasteiger partial charge is 0.484 e. The summed E-state index contributed by atoms with van der Waals surface area (Å²) >= 11 is 0. The topological polar surface area (TPSA) is 90.7 Å². The first-order chi connectivity index (χ1) is 10.1. The molecule has 2 rings (SSSR count). The summed E-state index contributed by atoms with van der Waals surface area (Å²) in [5.74, 6) is 0.201. The van der Waals surface area contributed by atoms with Gasteiger partial charge in [-0.05, 0) is 31.9 Å². The number of hydrogen-bond acceptors (Lipinski definition) is 5. The second-order valence-electron chi connectivity index (χ2n) is 4.93. The van der Waals surface area contributed by atoms with Crippen LogP contribution in [0.1, 0.15) is 18.4 Å². The molecular formula is C14H18N2O5. The number of nitro groups is 1. The Kier molecular flexibility index (Phi) is 5.10.